The molecule has 0 aliphatic carbocycles. The quantitative estimate of drug-likeness (QED) is 0.930. The van der Waals surface area contributed by atoms with Gasteiger partial charge < -0.3 is 15.0 Å². The van der Waals surface area contributed by atoms with Crippen LogP contribution in [0.4, 0.5) is 4.79 Å². The molecule has 116 valence electrons. The van der Waals surface area contributed by atoms with Gasteiger partial charge in [0.15, 0.2) is 0 Å². The number of hydrogen-bond donors (Lipinski definition) is 1. The highest BCUT2D eigenvalue weighted by Gasteiger charge is 2.25. The van der Waals surface area contributed by atoms with Crippen LogP contribution in [0.25, 0.3) is 0 Å². The lowest BCUT2D eigenvalue weighted by atomic mass is 9.97. The Morgan fingerprint density at radius 3 is 2.76 bits per heavy atom. The van der Waals surface area contributed by atoms with E-state index in [0.29, 0.717) is 6.54 Å². The molecule has 0 bridgehead atoms. The second-order valence-electron chi connectivity index (χ2n) is 6.54. The van der Waals surface area contributed by atoms with Crippen molar-refractivity contribution in [3.05, 3.63) is 34.9 Å². The van der Waals surface area contributed by atoms with Crippen molar-refractivity contribution in [2.24, 2.45) is 0 Å². The molecule has 4 heteroatoms. The fraction of sp³-hybridized carbons (Fsp3) is 0.588. The van der Waals surface area contributed by atoms with Crippen molar-refractivity contribution in [2.75, 3.05) is 13.1 Å². The number of nitrogens with one attached hydrogen (secondary N) is 1. The van der Waals surface area contributed by atoms with Gasteiger partial charge in [-0.05, 0) is 50.4 Å². The summed E-state index contributed by atoms with van der Waals surface area (Å²) in [5.74, 6) is 0. The van der Waals surface area contributed by atoms with Crippen LogP contribution in [-0.4, -0.2) is 29.7 Å². The monoisotopic (exact) mass is 290 g/mol. The molecule has 1 amide bonds. The number of carbonyl (C=O) groups excluding carboxylic acids is 1. The molecular formula is C17H26N2O2. The number of ether oxygens (including phenoxy) is 1. The first-order valence-electron chi connectivity index (χ1n) is 7.68. The topological polar surface area (TPSA) is 41.6 Å². The van der Waals surface area contributed by atoms with E-state index in [1.165, 1.54) is 16.7 Å². The van der Waals surface area contributed by atoms with Gasteiger partial charge in [0.25, 0.3) is 0 Å². The van der Waals surface area contributed by atoms with Gasteiger partial charge in [-0.1, -0.05) is 25.1 Å². The summed E-state index contributed by atoms with van der Waals surface area (Å²) in [4.78, 5) is 13.9. The molecule has 21 heavy (non-hydrogen) atoms. The first kappa shape index (κ1) is 15.8. The summed E-state index contributed by atoms with van der Waals surface area (Å²) in [7, 11) is 0. The zero-order valence-electron chi connectivity index (χ0n) is 13.5. The molecule has 0 saturated carbocycles. The van der Waals surface area contributed by atoms with Gasteiger partial charge in [-0.3, -0.25) is 0 Å². The number of amides is 1. The summed E-state index contributed by atoms with van der Waals surface area (Å²) in [6.45, 7) is 11.1. The van der Waals surface area contributed by atoms with Crippen molar-refractivity contribution in [2.45, 2.75) is 52.8 Å². The van der Waals surface area contributed by atoms with Crippen molar-refractivity contribution in [3.8, 4) is 0 Å². The molecule has 0 fully saturated rings. The summed E-state index contributed by atoms with van der Waals surface area (Å²) in [6.07, 6.45) is 0.680. The Hall–Kier alpha value is -1.55. The molecule has 1 heterocycles. The highest BCUT2D eigenvalue weighted by Crippen LogP contribution is 2.22. The largest absolute Gasteiger partial charge is 0.444 e. The van der Waals surface area contributed by atoms with Crippen LogP contribution in [0.1, 0.15) is 44.4 Å². The van der Waals surface area contributed by atoms with Gasteiger partial charge in [-0.15, -0.1) is 0 Å². The molecule has 0 spiro atoms. The van der Waals surface area contributed by atoms with Gasteiger partial charge in [0, 0.05) is 19.6 Å². The normalized spacial score (nSPS) is 14.8. The van der Waals surface area contributed by atoms with Crippen LogP contribution in [-0.2, 0) is 24.2 Å². The first-order valence-corrected chi connectivity index (χ1v) is 7.68. The van der Waals surface area contributed by atoms with E-state index in [1.807, 2.05) is 20.8 Å². The minimum absolute atomic E-state index is 0.218. The van der Waals surface area contributed by atoms with Crippen LogP contribution in [0.2, 0.25) is 0 Å². The molecule has 2 rings (SSSR count). The highest BCUT2D eigenvalue weighted by molar-refractivity contribution is 5.68. The maximum Gasteiger partial charge on any atom is 0.410 e. The van der Waals surface area contributed by atoms with E-state index in [-0.39, 0.29) is 6.09 Å². The van der Waals surface area contributed by atoms with Crippen molar-refractivity contribution < 1.29 is 9.53 Å². The van der Waals surface area contributed by atoms with Crippen molar-refractivity contribution in [1.82, 2.24) is 10.2 Å². The number of hydrogen-bond acceptors (Lipinski definition) is 3. The fourth-order valence-electron chi connectivity index (χ4n) is 2.47. The zero-order valence-corrected chi connectivity index (χ0v) is 13.5. The molecule has 1 aromatic carbocycles. The summed E-state index contributed by atoms with van der Waals surface area (Å²) in [5.41, 5.74) is 3.45. The number of benzene rings is 1. The Balaban J connectivity index is 2.02. The Bertz CT molecular complexity index is 506. The van der Waals surface area contributed by atoms with E-state index in [1.54, 1.807) is 4.90 Å². The van der Waals surface area contributed by atoms with Crippen LogP contribution < -0.4 is 5.32 Å². The average Bonchev–Trinajstić information content (AvgIpc) is 2.42. The minimum Gasteiger partial charge on any atom is -0.444 e. The molecular weight excluding hydrogens is 264 g/mol. The Labute approximate surface area is 127 Å². The first-order chi connectivity index (χ1) is 9.89. The Kier molecular flexibility index (Phi) is 4.88. The molecule has 0 unspecified atom stereocenters. The predicted molar refractivity (Wildman–Crippen MR) is 84.2 cm³/mol. The van der Waals surface area contributed by atoms with Crippen LogP contribution >= 0.6 is 0 Å². The van der Waals surface area contributed by atoms with Gasteiger partial charge >= 0.3 is 6.09 Å². The van der Waals surface area contributed by atoms with Crippen molar-refractivity contribution in [3.63, 3.8) is 0 Å². The van der Waals surface area contributed by atoms with Crippen LogP contribution in [0.5, 0.6) is 0 Å². The lowest BCUT2D eigenvalue weighted by Crippen LogP contribution is -2.39. The molecule has 1 aliphatic rings. The maximum absolute atomic E-state index is 12.1. The van der Waals surface area contributed by atoms with E-state index in [2.05, 4.69) is 30.4 Å². The van der Waals surface area contributed by atoms with Crippen LogP contribution in [0.15, 0.2) is 18.2 Å². The third-order valence-electron chi connectivity index (χ3n) is 3.51. The molecule has 1 N–H and O–H groups in total. The molecule has 0 aromatic heterocycles. The minimum atomic E-state index is -0.437. The van der Waals surface area contributed by atoms with Gasteiger partial charge in [0.2, 0.25) is 0 Å². The summed E-state index contributed by atoms with van der Waals surface area (Å²) < 4.78 is 5.45. The van der Waals surface area contributed by atoms with E-state index in [0.717, 1.165) is 26.1 Å². The third kappa shape index (κ3) is 4.46. The Morgan fingerprint density at radius 2 is 2.10 bits per heavy atom. The third-order valence-corrected chi connectivity index (χ3v) is 3.51. The second kappa shape index (κ2) is 6.48. The van der Waals surface area contributed by atoms with E-state index in [4.69, 9.17) is 4.74 Å². The van der Waals surface area contributed by atoms with Crippen molar-refractivity contribution >= 4 is 6.09 Å². The standard InChI is InChI=1S/C17H26N2O2/c1-5-18-11-13-6-7-15-12-19(9-8-14(15)10-13)16(20)21-17(2,3)4/h6-7,10,18H,5,8-9,11-12H2,1-4H3. The zero-order chi connectivity index (χ0) is 15.5. The summed E-state index contributed by atoms with van der Waals surface area (Å²) in [5, 5.41) is 3.34. The second-order valence-corrected chi connectivity index (χ2v) is 6.54. The molecule has 0 atom stereocenters. The summed E-state index contributed by atoms with van der Waals surface area (Å²) >= 11 is 0. The van der Waals surface area contributed by atoms with Crippen molar-refractivity contribution in [1.29, 1.82) is 0 Å². The molecule has 1 aliphatic heterocycles. The van der Waals surface area contributed by atoms with E-state index < -0.39 is 5.60 Å². The van der Waals surface area contributed by atoms with Gasteiger partial charge in [0.05, 0.1) is 0 Å². The number of nitrogens with zero attached hydrogens (tertiary/aromatic N) is 1. The number of carbonyl (C=O) groups is 1. The van der Waals surface area contributed by atoms with E-state index in [9.17, 15) is 4.79 Å². The van der Waals surface area contributed by atoms with Gasteiger partial charge in [-0.2, -0.15) is 0 Å². The molecule has 4 nitrogen and oxygen atoms in total. The number of rotatable bonds is 3. The van der Waals surface area contributed by atoms with Gasteiger partial charge in [-0.25, -0.2) is 4.79 Å². The molecule has 1 aromatic rings. The molecule has 0 saturated heterocycles. The lowest BCUT2D eigenvalue weighted by molar-refractivity contribution is 0.0224. The smallest absolute Gasteiger partial charge is 0.410 e. The molecule has 0 radical (unpaired) electrons. The van der Waals surface area contributed by atoms with E-state index >= 15 is 0 Å². The SMILES string of the molecule is CCNCc1ccc2c(c1)CCN(C(=O)OC(C)(C)C)C2. The maximum atomic E-state index is 12.1. The predicted octanol–water partition coefficient (Wildman–Crippen LogP) is 3.09. The lowest BCUT2D eigenvalue weighted by Gasteiger charge is -2.31. The van der Waals surface area contributed by atoms with Crippen LogP contribution in [0.3, 0.4) is 0 Å². The Morgan fingerprint density at radius 1 is 1.33 bits per heavy atom. The fourth-order valence-corrected chi connectivity index (χ4v) is 2.47. The van der Waals surface area contributed by atoms with Gasteiger partial charge in [0.1, 0.15) is 5.60 Å². The highest BCUT2D eigenvalue weighted by atomic mass is 16.6. The summed E-state index contributed by atoms with van der Waals surface area (Å²) in [6, 6.07) is 6.53. The van der Waals surface area contributed by atoms with Crippen LogP contribution in [0, 0.1) is 0 Å². The number of fused-ring (bicyclic) bond motifs is 1. The average molecular weight is 290 g/mol.